The van der Waals surface area contributed by atoms with Crippen molar-refractivity contribution in [2.45, 2.75) is 6.92 Å². The molecule has 0 atom stereocenters. The van der Waals surface area contributed by atoms with Gasteiger partial charge in [0.2, 0.25) is 0 Å². The van der Waals surface area contributed by atoms with E-state index < -0.39 is 17.8 Å². The van der Waals surface area contributed by atoms with Gasteiger partial charge in [0.1, 0.15) is 12.2 Å². The summed E-state index contributed by atoms with van der Waals surface area (Å²) in [6.07, 6.45) is 1.20. The number of rotatable bonds is 3. The summed E-state index contributed by atoms with van der Waals surface area (Å²) in [5.41, 5.74) is 1.14. The van der Waals surface area contributed by atoms with Crippen molar-refractivity contribution in [3.63, 3.8) is 0 Å². The van der Waals surface area contributed by atoms with E-state index in [1.165, 1.54) is 23.2 Å². The van der Waals surface area contributed by atoms with Crippen molar-refractivity contribution in [2.24, 2.45) is 5.10 Å². The van der Waals surface area contributed by atoms with Gasteiger partial charge in [-0.3, -0.25) is 14.5 Å². The summed E-state index contributed by atoms with van der Waals surface area (Å²) < 4.78 is 0. The normalized spacial score (nSPS) is 18.1. The summed E-state index contributed by atoms with van der Waals surface area (Å²) in [7, 11) is 0. The van der Waals surface area contributed by atoms with Crippen LogP contribution in [-0.2, 0) is 9.59 Å². The highest BCUT2D eigenvalue weighted by atomic mass is 35.5. The maximum absolute atomic E-state index is 13.0. The van der Waals surface area contributed by atoms with Gasteiger partial charge in [-0.1, -0.05) is 53.0 Å². The van der Waals surface area contributed by atoms with Crippen molar-refractivity contribution >= 4 is 69.7 Å². The van der Waals surface area contributed by atoms with E-state index >= 15 is 0 Å². The molecule has 4 amide bonds. The average Bonchev–Trinajstić information content (AvgIpc) is 3.13. The van der Waals surface area contributed by atoms with Crippen LogP contribution in [0, 0.1) is 0 Å². The Bertz CT molecular complexity index is 1120. The number of carbonyl (C=O) groups is 3. The summed E-state index contributed by atoms with van der Waals surface area (Å²) in [4.78, 5) is 40.5. The zero-order chi connectivity index (χ0) is 21.6. The van der Waals surface area contributed by atoms with Crippen LogP contribution in [0.2, 0.25) is 15.1 Å². The van der Waals surface area contributed by atoms with E-state index in [1.54, 1.807) is 31.2 Å². The number of nitrogens with zero attached hydrogens (tertiary/aromatic N) is 4. The number of hydrazone groups is 1. The third-order valence-corrected chi connectivity index (χ3v) is 5.38. The summed E-state index contributed by atoms with van der Waals surface area (Å²) in [5, 5.41) is 5.82. The quantitative estimate of drug-likeness (QED) is 0.488. The van der Waals surface area contributed by atoms with Crippen LogP contribution in [0.4, 0.5) is 16.2 Å². The Hall–Kier alpha value is -2.87. The van der Waals surface area contributed by atoms with Crippen molar-refractivity contribution in [1.29, 1.82) is 0 Å². The van der Waals surface area contributed by atoms with E-state index in [4.69, 9.17) is 34.8 Å². The first-order chi connectivity index (χ1) is 14.3. The molecule has 2 aliphatic heterocycles. The van der Waals surface area contributed by atoms with Crippen LogP contribution in [-0.4, -0.2) is 35.0 Å². The Kier molecular flexibility index (Phi) is 5.27. The molecule has 2 heterocycles. The standard InChI is InChI=1S/C20H13Cl3N4O3/c1-11-14(19(29)27(24-11)18-15(22)7-12(21)8-16(18)23)9-26-17(28)10-25(20(26)30)13-5-3-2-4-6-13/h2-9H,10H2,1H3/b14-9+. The Morgan fingerprint density at radius 3 is 2.27 bits per heavy atom. The van der Waals surface area contributed by atoms with Gasteiger partial charge in [0.15, 0.2) is 0 Å². The second-order valence-electron chi connectivity index (χ2n) is 6.53. The minimum Gasteiger partial charge on any atom is -0.284 e. The molecule has 0 aliphatic carbocycles. The van der Waals surface area contributed by atoms with Crippen molar-refractivity contribution in [3.8, 4) is 0 Å². The van der Waals surface area contributed by atoms with Gasteiger partial charge < -0.3 is 0 Å². The average molecular weight is 464 g/mol. The molecule has 0 bridgehead atoms. The van der Waals surface area contributed by atoms with Crippen LogP contribution >= 0.6 is 34.8 Å². The van der Waals surface area contributed by atoms with Crippen molar-refractivity contribution in [1.82, 2.24) is 4.90 Å². The number of hydrogen-bond donors (Lipinski definition) is 0. The Balaban J connectivity index is 1.66. The topological polar surface area (TPSA) is 73.3 Å². The van der Waals surface area contributed by atoms with Crippen LogP contribution in [0.25, 0.3) is 0 Å². The summed E-state index contributed by atoms with van der Waals surface area (Å²) in [6.45, 7) is 1.46. The number of anilines is 2. The molecule has 1 saturated heterocycles. The first-order valence-corrected chi connectivity index (χ1v) is 9.86. The highest BCUT2D eigenvalue weighted by Crippen LogP contribution is 2.39. The van der Waals surface area contributed by atoms with Crippen LogP contribution < -0.4 is 9.91 Å². The number of hydrogen-bond acceptors (Lipinski definition) is 4. The number of urea groups is 1. The van der Waals surface area contributed by atoms with Crippen molar-refractivity contribution < 1.29 is 14.4 Å². The molecule has 30 heavy (non-hydrogen) atoms. The lowest BCUT2D eigenvalue weighted by Gasteiger charge is -2.16. The van der Waals surface area contributed by atoms with E-state index in [1.807, 2.05) is 6.07 Å². The predicted octanol–water partition coefficient (Wildman–Crippen LogP) is 4.72. The molecule has 2 aromatic rings. The van der Waals surface area contributed by atoms with E-state index in [0.717, 1.165) is 9.91 Å². The molecular weight excluding hydrogens is 451 g/mol. The third-order valence-electron chi connectivity index (χ3n) is 4.58. The fourth-order valence-corrected chi connectivity index (χ4v) is 4.11. The van der Waals surface area contributed by atoms with Gasteiger partial charge in [-0.25, -0.2) is 9.69 Å². The number of benzene rings is 2. The number of halogens is 3. The highest BCUT2D eigenvalue weighted by Gasteiger charge is 2.39. The lowest BCUT2D eigenvalue weighted by atomic mass is 10.2. The molecule has 0 saturated carbocycles. The van der Waals surface area contributed by atoms with Gasteiger partial charge in [-0.05, 0) is 31.2 Å². The molecule has 10 heteroatoms. The van der Waals surface area contributed by atoms with Gasteiger partial charge in [0.25, 0.3) is 11.8 Å². The molecule has 2 aromatic carbocycles. The Morgan fingerprint density at radius 1 is 1.00 bits per heavy atom. The monoisotopic (exact) mass is 462 g/mol. The van der Waals surface area contributed by atoms with E-state index in [-0.39, 0.29) is 27.9 Å². The van der Waals surface area contributed by atoms with Gasteiger partial charge in [-0.2, -0.15) is 10.1 Å². The van der Waals surface area contributed by atoms with E-state index in [9.17, 15) is 14.4 Å². The predicted molar refractivity (Wildman–Crippen MR) is 116 cm³/mol. The Morgan fingerprint density at radius 2 is 1.63 bits per heavy atom. The molecule has 4 rings (SSSR count). The van der Waals surface area contributed by atoms with E-state index in [0.29, 0.717) is 16.4 Å². The molecule has 7 nitrogen and oxygen atoms in total. The molecular formula is C20H13Cl3N4O3. The molecule has 0 aromatic heterocycles. The lowest BCUT2D eigenvalue weighted by Crippen LogP contribution is -2.31. The fourth-order valence-electron chi connectivity index (χ4n) is 3.14. The molecule has 1 fully saturated rings. The second kappa shape index (κ2) is 7.75. The largest absolute Gasteiger partial charge is 0.335 e. The lowest BCUT2D eigenvalue weighted by molar-refractivity contribution is -0.123. The first kappa shape index (κ1) is 20.4. The Labute approximate surface area is 186 Å². The fraction of sp³-hybridized carbons (Fsp3) is 0.100. The number of para-hydroxylation sites is 1. The third kappa shape index (κ3) is 3.45. The van der Waals surface area contributed by atoms with Crippen LogP contribution in [0.1, 0.15) is 6.92 Å². The summed E-state index contributed by atoms with van der Waals surface area (Å²) in [6, 6.07) is 11.1. The molecule has 0 radical (unpaired) electrons. The summed E-state index contributed by atoms with van der Waals surface area (Å²) >= 11 is 18.3. The number of imide groups is 1. The maximum atomic E-state index is 13.0. The van der Waals surface area contributed by atoms with E-state index in [2.05, 4.69) is 5.10 Å². The van der Waals surface area contributed by atoms with Crippen LogP contribution in [0.15, 0.2) is 59.3 Å². The second-order valence-corrected chi connectivity index (χ2v) is 7.78. The van der Waals surface area contributed by atoms with Crippen molar-refractivity contribution in [3.05, 3.63) is 69.3 Å². The van der Waals surface area contributed by atoms with Gasteiger partial charge in [0, 0.05) is 16.9 Å². The molecule has 0 spiro atoms. The summed E-state index contributed by atoms with van der Waals surface area (Å²) in [5.74, 6) is -1.03. The zero-order valence-electron chi connectivity index (χ0n) is 15.5. The number of carbonyl (C=O) groups excluding carboxylic acids is 3. The zero-order valence-corrected chi connectivity index (χ0v) is 17.7. The van der Waals surface area contributed by atoms with Crippen LogP contribution in [0.5, 0.6) is 0 Å². The van der Waals surface area contributed by atoms with Gasteiger partial charge in [0.05, 0.1) is 21.3 Å². The molecule has 152 valence electrons. The van der Waals surface area contributed by atoms with Gasteiger partial charge >= 0.3 is 6.03 Å². The van der Waals surface area contributed by atoms with Gasteiger partial charge in [-0.15, -0.1) is 0 Å². The number of amides is 4. The molecule has 0 N–H and O–H groups in total. The SMILES string of the molecule is CC1=NN(c2c(Cl)cc(Cl)cc2Cl)C(=O)/C1=C/N1C(=O)CN(c2ccccc2)C1=O. The highest BCUT2D eigenvalue weighted by molar-refractivity contribution is 6.43. The minimum atomic E-state index is -0.572. The smallest absolute Gasteiger partial charge is 0.284 e. The first-order valence-electron chi connectivity index (χ1n) is 8.73. The molecule has 0 unspecified atom stereocenters. The van der Waals surface area contributed by atoms with Crippen molar-refractivity contribution in [2.75, 3.05) is 16.5 Å². The maximum Gasteiger partial charge on any atom is 0.335 e. The minimum absolute atomic E-state index is 0.0775. The molecule has 2 aliphatic rings. The van der Waals surface area contributed by atoms with Crippen LogP contribution in [0.3, 0.4) is 0 Å².